The van der Waals surface area contributed by atoms with Crippen molar-refractivity contribution in [3.8, 4) is 0 Å². The summed E-state index contributed by atoms with van der Waals surface area (Å²) in [5.74, 6) is 0. The predicted molar refractivity (Wildman–Crippen MR) is 56.2 cm³/mol. The molecule has 2 aliphatic rings. The van der Waals surface area contributed by atoms with Crippen LogP contribution in [0, 0.1) is 5.21 Å². The highest BCUT2D eigenvalue weighted by Crippen LogP contribution is 2.12. The van der Waals surface area contributed by atoms with Gasteiger partial charge in [-0.05, 0) is 7.05 Å². The molecule has 4 heteroatoms. The Morgan fingerprint density at radius 2 is 1.64 bits per heavy atom. The van der Waals surface area contributed by atoms with E-state index in [-0.39, 0.29) is 0 Å². The second-order valence-electron chi connectivity index (χ2n) is 4.61. The lowest BCUT2D eigenvalue weighted by Crippen LogP contribution is -3.08. The Kier molecular flexibility index (Phi) is 3.38. The van der Waals surface area contributed by atoms with E-state index in [0.29, 0.717) is 11.1 Å². The molecule has 82 valence electrons. The molecule has 1 N–H and O–H groups in total. The molecule has 0 aromatic rings. The molecule has 0 aromatic heterocycles. The van der Waals surface area contributed by atoms with Gasteiger partial charge in [0.2, 0.25) is 0 Å². The van der Waals surface area contributed by atoms with Gasteiger partial charge >= 0.3 is 0 Å². The highest BCUT2D eigenvalue weighted by Gasteiger charge is 2.26. The van der Waals surface area contributed by atoms with Gasteiger partial charge in [0.15, 0.2) is 0 Å². The molecule has 2 saturated heterocycles. The lowest BCUT2D eigenvalue weighted by molar-refractivity contribution is -0.854. The molecule has 2 rings (SSSR count). The minimum atomic E-state index is 0.468. The zero-order valence-electron chi connectivity index (χ0n) is 9.04. The molecule has 4 nitrogen and oxygen atoms in total. The minimum absolute atomic E-state index is 0.468. The Balaban J connectivity index is 1.78. The van der Waals surface area contributed by atoms with Crippen LogP contribution in [0.4, 0.5) is 0 Å². The largest absolute Gasteiger partial charge is 0.634 e. The van der Waals surface area contributed by atoms with Gasteiger partial charge in [0, 0.05) is 45.1 Å². The third-order valence-electron chi connectivity index (χ3n) is 3.57. The number of hydrogen-bond donors (Lipinski definition) is 1. The summed E-state index contributed by atoms with van der Waals surface area (Å²) in [6.45, 7) is 6.38. The van der Waals surface area contributed by atoms with E-state index in [4.69, 9.17) is 0 Å². The number of hydroxylamine groups is 2. The average molecular weight is 199 g/mol. The van der Waals surface area contributed by atoms with Gasteiger partial charge in [-0.2, -0.15) is 0 Å². The van der Waals surface area contributed by atoms with Crippen LogP contribution < -0.4 is 5.06 Å². The molecule has 2 fully saturated rings. The van der Waals surface area contributed by atoms with Crippen LogP contribution in [0.3, 0.4) is 0 Å². The van der Waals surface area contributed by atoms with Crippen molar-refractivity contribution < 1.29 is 5.06 Å². The van der Waals surface area contributed by atoms with Crippen molar-refractivity contribution in [2.24, 2.45) is 0 Å². The molecule has 0 spiro atoms. The fourth-order valence-corrected chi connectivity index (χ4v) is 2.48. The van der Waals surface area contributed by atoms with Gasteiger partial charge in [0.1, 0.15) is 0 Å². The van der Waals surface area contributed by atoms with Crippen molar-refractivity contribution in [3.63, 3.8) is 0 Å². The summed E-state index contributed by atoms with van der Waals surface area (Å²) in [5.41, 5.74) is 0. The number of piperazine rings is 1. The maximum absolute atomic E-state index is 11.1. The normalized spacial score (nSPS) is 37.3. The summed E-state index contributed by atoms with van der Waals surface area (Å²) < 4.78 is 0. The first-order valence-corrected chi connectivity index (χ1v) is 5.70. The zero-order chi connectivity index (χ0) is 9.97. The summed E-state index contributed by atoms with van der Waals surface area (Å²) in [6.07, 6.45) is 2.20. The lowest BCUT2D eigenvalue weighted by Gasteiger charge is -2.41. The minimum Gasteiger partial charge on any atom is -0.634 e. The number of nitrogens with zero attached hydrogens (tertiary/aromatic N) is 2. The number of rotatable bonds is 1. The van der Waals surface area contributed by atoms with E-state index in [1.807, 2.05) is 0 Å². The molecule has 0 radical (unpaired) electrons. The monoisotopic (exact) mass is 199 g/mol. The number of piperidine rings is 1. The average Bonchev–Trinajstić information content (AvgIpc) is 2.21. The molecule has 0 aromatic carbocycles. The summed E-state index contributed by atoms with van der Waals surface area (Å²) in [7, 11) is 2.18. The van der Waals surface area contributed by atoms with Gasteiger partial charge in [-0.1, -0.05) is 0 Å². The first kappa shape index (κ1) is 10.4. The number of hydrogen-bond acceptors (Lipinski definition) is 3. The highest BCUT2D eigenvalue weighted by atomic mass is 16.5. The molecular formula is C10H21N3O. The summed E-state index contributed by atoms with van der Waals surface area (Å²) in [4.78, 5) is 4.96. The van der Waals surface area contributed by atoms with Gasteiger partial charge in [-0.3, -0.25) is 4.90 Å². The van der Waals surface area contributed by atoms with Crippen LogP contribution in [0.1, 0.15) is 12.8 Å². The summed E-state index contributed by atoms with van der Waals surface area (Å²) >= 11 is 0. The molecular weight excluding hydrogens is 178 g/mol. The molecule has 0 saturated carbocycles. The molecule has 0 unspecified atom stereocenters. The fourth-order valence-electron chi connectivity index (χ4n) is 2.48. The van der Waals surface area contributed by atoms with Gasteiger partial charge < -0.3 is 15.2 Å². The zero-order valence-corrected chi connectivity index (χ0v) is 9.04. The maximum Gasteiger partial charge on any atom is 0.0783 e. The highest BCUT2D eigenvalue weighted by molar-refractivity contribution is 4.78. The van der Waals surface area contributed by atoms with E-state index >= 15 is 0 Å². The van der Waals surface area contributed by atoms with Gasteiger partial charge in [-0.15, -0.1) is 0 Å². The fraction of sp³-hybridized carbons (Fsp3) is 1.00. The summed E-state index contributed by atoms with van der Waals surface area (Å²) in [5, 5.41) is 11.6. The smallest absolute Gasteiger partial charge is 0.0783 e. The van der Waals surface area contributed by atoms with E-state index in [1.54, 1.807) is 0 Å². The predicted octanol–water partition coefficient (Wildman–Crippen LogP) is -1.22. The Morgan fingerprint density at radius 1 is 1.07 bits per heavy atom. The van der Waals surface area contributed by atoms with Crippen LogP contribution in [-0.4, -0.2) is 62.2 Å². The van der Waals surface area contributed by atoms with Crippen LogP contribution in [0.5, 0.6) is 0 Å². The third kappa shape index (κ3) is 2.45. The van der Waals surface area contributed by atoms with Crippen molar-refractivity contribution in [1.29, 1.82) is 0 Å². The third-order valence-corrected chi connectivity index (χ3v) is 3.57. The van der Waals surface area contributed by atoms with Crippen molar-refractivity contribution in [1.82, 2.24) is 9.80 Å². The first-order chi connectivity index (χ1) is 6.75. The SMILES string of the molecule is CN1CCN(C2CC[NH+]([O-])CC2)CC1. The first-order valence-electron chi connectivity index (χ1n) is 5.70. The molecule has 0 aliphatic carbocycles. The summed E-state index contributed by atoms with van der Waals surface area (Å²) in [6, 6.07) is 0.696. The van der Waals surface area contributed by atoms with Crippen molar-refractivity contribution in [3.05, 3.63) is 5.21 Å². The Labute approximate surface area is 86.0 Å². The van der Waals surface area contributed by atoms with Crippen molar-refractivity contribution in [2.45, 2.75) is 18.9 Å². The van der Waals surface area contributed by atoms with Crippen molar-refractivity contribution in [2.75, 3.05) is 46.3 Å². The second kappa shape index (κ2) is 4.57. The van der Waals surface area contributed by atoms with E-state index in [1.165, 1.54) is 26.2 Å². The maximum atomic E-state index is 11.1. The second-order valence-corrected chi connectivity index (χ2v) is 4.61. The van der Waals surface area contributed by atoms with Crippen LogP contribution in [0.2, 0.25) is 0 Å². The molecule has 14 heavy (non-hydrogen) atoms. The number of nitrogens with one attached hydrogen (secondary N) is 1. The topological polar surface area (TPSA) is 34.0 Å². The molecule has 0 bridgehead atoms. The Morgan fingerprint density at radius 3 is 2.21 bits per heavy atom. The standard InChI is InChI=1S/C10H21N3O/c1-11-6-8-12(9-7-11)10-2-4-13(14)5-3-10/h10,13H,2-9H2,1H3. The van der Waals surface area contributed by atoms with Crippen LogP contribution >= 0.6 is 0 Å². The Hall–Kier alpha value is -0.160. The van der Waals surface area contributed by atoms with E-state index in [2.05, 4.69) is 16.8 Å². The lowest BCUT2D eigenvalue weighted by atomic mass is 10.0. The quantitative estimate of drug-likeness (QED) is 0.538. The van der Waals surface area contributed by atoms with E-state index < -0.39 is 0 Å². The molecule has 0 atom stereocenters. The number of likely N-dealkylation sites (N-methyl/N-ethyl adjacent to an activating group) is 1. The van der Waals surface area contributed by atoms with E-state index in [0.717, 1.165) is 25.9 Å². The molecule has 2 heterocycles. The van der Waals surface area contributed by atoms with Crippen LogP contribution in [0.25, 0.3) is 0 Å². The van der Waals surface area contributed by atoms with Crippen LogP contribution in [-0.2, 0) is 0 Å². The number of quaternary nitrogens is 1. The molecule has 2 aliphatic heterocycles. The van der Waals surface area contributed by atoms with Gasteiger partial charge in [0.05, 0.1) is 13.1 Å². The van der Waals surface area contributed by atoms with Gasteiger partial charge in [0.25, 0.3) is 0 Å². The van der Waals surface area contributed by atoms with Crippen LogP contribution in [0.15, 0.2) is 0 Å². The van der Waals surface area contributed by atoms with Gasteiger partial charge in [-0.25, -0.2) is 0 Å². The van der Waals surface area contributed by atoms with Crippen molar-refractivity contribution >= 4 is 0 Å². The van der Waals surface area contributed by atoms with E-state index in [9.17, 15) is 5.21 Å². The molecule has 0 amide bonds. The Bertz CT molecular complexity index is 152.